The third-order valence-electron chi connectivity index (χ3n) is 6.67. The van der Waals surface area contributed by atoms with Crippen molar-refractivity contribution in [2.45, 2.75) is 64.2 Å². The molecular weight excluding hydrogens is 386 g/mol. The zero-order valence-electron chi connectivity index (χ0n) is 18.3. The molecule has 0 radical (unpaired) electrons. The van der Waals surface area contributed by atoms with Gasteiger partial charge in [-0.2, -0.15) is 0 Å². The zero-order valence-corrected chi connectivity index (χ0v) is 18.3. The Morgan fingerprint density at radius 1 is 0.806 bits per heavy atom. The van der Waals surface area contributed by atoms with Gasteiger partial charge in [-0.3, -0.25) is 0 Å². The van der Waals surface area contributed by atoms with Gasteiger partial charge in [0.1, 0.15) is 11.6 Å². The Morgan fingerprint density at radius 3 is 2.35 bits per heavy atom. The first-order chi connectivity index (χ1) is 15.1. The minimum absolute atomic E-state index is 0.238. The van der Waals surface area contributed by atoms with Gasteiger partial charge in [0.25, 0.3) is 0 Å². The van der Waals surface area contributed by atoms with Gasteiger partial charge in [-0.05, 0) is 90.3 Å². The maximum absolute atomic E-state index is 14.7. The van der Waals surface area contributed by atoms with Gasteiger partial charge in [0.05, 0.1) is 5.56 Å². The monoisotopic (exact) mass is 416 g/mol. The summed E-state index contributed by atoms with van der Waals surface area (Å²) < 4.78 is 28.1. The van der Waals surface area contributed by atoms with Crippen molar-refractivity contribution in [3.05, 3.63) is 82.9 Å². The molecule has 0 atom stereocenters. The summed E-state index contributed by atoms with van der Waals surface area (Å²) in [5, 5.41) is 1.76. The minimum atomic E-state index is -0.251. The summed E-state index contributed by atoms with van der Waals surface area (Å²) in [6, 6.07) is 15.9. The van der Waals surface area contributed by atoms with E-state index in [0.717, 1.165) is 27.8 Å². The average molecular weight is 417 g/mol. The van der Waals surface area contributed by atoms with E-state index >= 15 is 0 Å². The zero-order chi connectivity index (χ0) is 21.6. The highest BCUT2D eigenvalue weighted by Gasteiger charge is 2.22. The Labute approximate surface area is 184 Å². The molecule has 3 aromatic rings. The lowest BCUT2D eigenvalue weighted by atomic mass is 9.77. The Bertz CT molecular complexity index is 1090. The van der Waals surface area contributed by atoms with Crippen LogP contribution in [0.4, 0.5) is 8.78 Å². The van der Waals surface area contributed by atoms with E-state index in [0.29, 0.717) is 11.5 Å². The van der Waals surface area contributed by atoms with Gasteiger partial charge in [0.15, 0.2) is 0 Å². The van der Waals surface area contributed by atoms with Crippen LogP contribution >= 0.6 is 0 Å². The Hall–Kier alpha value is -2.66. The van der Waals surface area contributed by atoms with Crippen LogP contribution in [0.5, 0.6) is 0 Å². The van der Waals surface area contributed by atoms with Gasteiger partial charge in [0, 0.05) is 5.56 Å². The summed E-state index contributed by atoms with van der Waals surface area (Å²) >= 11 is 0. The number of halogens is 2. The molecule has 0 nitrogen and oxygen atoms in total. The van der Waals surface area contributed by atoms with E-state index < -0.39 is 0 Å². The largest absolute Gasteiger partial charge is 0.207 e. The second-order valence-corrected chi connectivity index (χ2v) is 8.91. The summed E-state index contributed by atoms with van der Waals surface area (Å²) in [7, 11) is 0. The van der Waals surface area contributed by atoms with E-state index in [1.54, 1.807) is 12.1 Å². The van der Waals surface area contributed by atoms with Crippen molar-refractivity contribution < 1.29 is 8.78 Å². The summed E-state index contributed by atoms with van der Waals surface area (Å²) in [4.78, 5) is 0. The molecule has 0 unspecified atom stereocenters. The fourth-order valence-electron chi connectivity index (χ4n) is 4.79. The molecule has 31 heavy (non-hydrogen) atoms. The van der Waals surface area contributed by atoms with Crippen LogP contribution in [-0.2, 0) is 0 Å². The quantitative estimate of drug-likeness (QED) is 0.289. The van der Waals surface area contributed by atoms with E-state index in [-0.39, 0.29) is 11.6 Å². The molecule has 3 aromatic carbocycles. The molecule has 0 N–H and O–H groups in total. The molecule has 1 aliphatic rings. The molecule has 0 amide bonds. The fraction of sp³-hybridized carbons (Fsp3) is 0.379. The lowest BCUT2D eigenvalue weighted by Gasteiger charge is -2.29. The first-order valence-electron chi connectivity index (χ1n) is 11.6. The number of rotatable bonds is 5. The lowest BCUT2D eigenvalue weighted by molar-refractivity contribution is 0.302. The maximum Gasteiger partial charge on any atom is 0.139 e. The fourth-order valence-corrected chi connectivity index (χ4v) is 4.79. The Kier molecular flexibility index (Phi) is 7.03. The molecule has 0 aliphatic heterocycles. The highest BCUT2D eigenvalue weighted by molar-refractivity contribution is 5.84. The summed E-state index contributed by atoms with van der Waals surface area (Å²) in [5.41, 5.74) is 2.34. The predicted molar refractivity (Wildman–Crippen MR) is 125 cm³/mol. The second-order valence-electron chi connectivity index (χ2n) is 8.91. The van der Waals surface area contributed by atoms with Crippen LogP contribution in [0.3, 0.4) is 0 Å². The molecule has 0 spiro atoms. The summed E-state index contributed by atoms with van der Waals surface area (Å²) in [5.74, 6) is 6.87. The van der Waals surface area contributed by atoms with E-state index in [4.69, 9.17) is 0 Å². The molecule has 1 fully saturated rings. The average Bonchev–Trinajstić information content (AvgIpc) is 2.79. The molecule has 0 saturated heterocycles. The molecular formula is C29H30F2. The van der Waals surface area contributed by atoms with Gasteiger partial charge >= 0.3 is 0 Å². The van der Waals surface area contributed by atoms with Crippen molar-refractivity contribution in [2.75, 3.05) is 0 Å². The van der Waals surface area contributed by atoms with E-state index in [1.165, 1.54) is 63.5 Å². The smallest absolute Gasteiger partial charge is 0.139 e. The first-order valence-corrected chi connectivity index (χ1v) is 11.6. The summed E-state index contributed by atoms with van der Waals surface area (Å²) in [6.45, 7) is 2.25. The van der Waals surface area contributed by atoms with E-state index in [2.05, 4.69) is 24.8 Å². The Balaban J connectivity index is 1.41. The first kappa shape index (κ1) is 21.6. The number of hydrogen-bond acceptors (Lipinski definition) is 0. The molecule has 0 heterocycles. The SMILES string of the molecule is CCCCCC1CCC(c2ccc(C#Cc3ccc4cc(F)ccc4c3)c(F)c2)CC1. The van der Waals surface area contributed by atoms with Gasteiger partial charge in [-0.1, -0.05) is 62.6 Å². The molecule has 0 bridgehead atoms. The highest BCUT2D eigenvalue weighted by Crippen LogP contribution is 2.38. The molecule has 1 saturated carbocycles. The van der Waals surface area contributed by atoms with Crippen molar-refractivity contribution in [3.63, 3.8) is 0 Å². The van der Waals surface area contributed by atoms with Crippen LogP contribution in [0.1, 0.15) is 80.9 Å². The highest BCUT2D eigenvalue weighted by atomic mass is 19.1. The van der Waals surface area contributed by atoms with E-state index in [9.17, 15) is 8.78 Å². The number of hydrogen-bond donors (Lipinski definition) is 0. The number of fused-ring (bicyclic) bond motifs is 1. The number of unbranched alkanes of at least 4 members (excludes halogenated alkanes) is 2. The third kappa shape index (κ3) is 5.53. The molecule has 0 aromatic heterocycles. The van der Waals surface area contributed by atoms with Crippen LogP contribution in [-0.4, -0.2) is 0 Å². The van der Waals surface area contributed by atoms with Gasteiger partial charge in [-0.25, -0.2) is 8.78 Å². The number of benzene rings is 3. The molecule has 2 heteroatoms. The topological polar surface area (TPSA) is 0 Å². The van der Waals surface area contributed by atoms with Crippen LogP contribution in [0, 0.1) is 29.4 Å². The van der Waals surface area contributed by atoms with Crippen LogP contribution < -0.4 is 0 Å². The van der Waals surface area contributed by atoms with Crippen LogP contribution in [0.25, 0.3) is 10.8 Å². The van der Waals surface area contributed by atoms with Crippen molar-refractivity contribution in [2.24, 2.45) is 5.92 Å². The molecule has 1 aliphatic carbocycles. The normalized spacial score (nSPS) is 18.5. The minimum Gasteiger partial charge on any atom is -0.207 e. The Morgan fingerprint density at radius 2 is 1.58 bits per heavy atom. The third-order valence-corrected chi connectivity index (χ3v) is 6.67. The van der Waals surface area contributed by atoms with Gasteiger partial charge in [0.2, 0.25) is 0 Å². The van der Waals surface area contributed by atoms with Crippen molar-refractivity contribution >= 4 is 10.8 Å². The molecule has 160 valence electrons. The standard InChI is InChI=1S/C29H30F2/c1-2-3-4-5-21-6-10-23(11-7-21)27-15-14-24(29(31)20-27)12-8-22-9-13-26-19-28(30)17-16-25(26)18-22/h9,13-21,23H,2-7,10-11H2,1H3. The maximum atomic E-state index is 14.7. The predicted octanol–water partition coefficient (Wildman–Crippen LogP) is 8.37. The van der Waals surface area contributed by atoms with E-state index in [1.807, 2.05) is 24.3 Å². The lowest BCUT2D eigenvalue weighted by Crippen LogP contribution is -2.13. The van der Waals surface area contributed by atoms with Crippen molar-refractivity contribution in [3.8, 4) is 11.8 Å². The van der Waals surface area contributed by atoms with Gasteiger partial charge < -0.3 is 0 Å². The molecule has 4 rings (SSSR count). The van der Waals surface area contributed by atoms with Crippen LogP contribution in [0.15, 0.2) is 54.6 Å². The van der Waals surface area contributed by atoms with Crippen molar-refractivity contribution in [1.29, 1.82) is 0 Å². The van der Waals surface area contributed by atoms with Crippen molar-refractivity contribution in [1.82, 2.24) is 0 Å². The summed E-state index contributed by atoms with van der Waals surface area (Å²) in [6.07, 6.45) is 10.2. The van der Waals surface area contributed by atoms with Crippen LogP contribution in [0.2, 0.25) is 0 Å². The second kappa shape index (κ2) is 10.1. The van der Waals surface area contributed by atoms with Gasteiger partial charge in [-0.15, -0.1) is 0 Å².